The summed E-state index contributed by atoms with van der Waals surface area (Å²) in [6.07, 6.45) is 5.88. The third-order valence-electron chi connectivity index (χ3n) is 5.29. The highest BCUT2D eigenvalue weighted by molar-refractivity contribution is 5.95. The van der Waals surface area contributed by atoms with Crippen LogP contribution in [0.25, 0.3) is 11.1 Å². The zero-order valence-corrected chi connectivity index (χ0v) is 15.9. The van der Waals surface area contributed by atoms with Gasteiger partial charge >= 0.3 is 0 Å². The average molecular weight is 366 g/mol. The number of aromatic nitrogens is 2. The van der Waals surface area contributed by atoms with Crippen molar-refractivity contribution in [1.29, 1.82) is 0 Å². The van der Waals surface area contributed by atoms with Crippen LogP contribution in [0.1, 0.15) is 37.1 Å². The molecule has 1 saturated carbocycles. The minimum Gasteiger partial charge on any atom is -0.491 e. The highest BCUT2D eigenvalue weighted by Gasteiger charge is 2.29. The minimum absolute atomic E-state index is 0.0996. The van der Waals surface area contributed by atoms with E-state index in [0.717, 1.165) is 59.8 Å². The standard InChI is InChI=1S/C21H26N4O2/c1-13-20(14(2)24-12-23-13)18-10-16(25-21(26)15-5-6-15)7-8-19(18)27-11-17-4-3-9-22-17/h7-8,10,12,15,17,22H,3-6,9,11H2,1-2H3,(H,25,26)/t17-/m0/s1. The quantitative estimate of drug-likeness (QED) is 0.821. The fourth-order valence-corrected chi connectivity index (χ4v) is 3.59. The number of rotatable bonds is 6. The molecule has 0 bridgehead atoms. The molecule has 0 unspecified atom stereocenters. The van der Waals surface area contributed by atoms with Crippen molar-refractivity contribution in [3.05, 3.63) is 35.9 Å². The summed E-state index contributed by atoms with van der Waals surface area (Å²) >= 11 is 0. The summed E-state index contributed by atoms with van der Waals surface area (Å²) in [7, 11) is 0. The molecule has 1 saturated heterocycles. The molecule has 1 aliphatic heterocycles. The molecule has 1 aliphatic carbocycles. The van der Waals surface area contributed by atoms with Gasteiger partial charge in [0.05, 0.1) is 0 Å². The van der Waals surface area contributed by atoms with Crippen LogP contribution >= 0.6 is 0 Å². The molecule has 0 radical (unpaired) electrons. The molecule has 1 aromatic heterocycles. The normalized spacial score (nSPS) is 19.1. The molecule has 27 heavy (non-hydrogen) atoms. The number of carbonyl (C=O) groups excluding carboxylic acids is 1. The Bertz CT molecular complexity index is 822. The van der Waals surface area contributed by atoms with E-state index in [9.17, 15) is 4.79 Å². The van der Waals surface area contributed by atoms with Crippen molar-refractivity contribution in [2.45, 2.75) is 45.6 Å². The highest BCUT2D eigenvalue weighted by Crippen LogP contribution is 2.37. The van der Waals surface area contributed by atoms with Gasteiger partial charge in [-0.25, -0.2) is 9.97 Å². The maximum absolute atomic E-state index is 12.2. The van der Waals surface area contributed by atoms with Gasteiger partial charge in [-0.15, -0.1) is 0 Å². The first kappa shape index (κ1) is 17.9. The maximum Gasteiger partial charge on any atom is 0.227 e. The molecule has 2 N–H and O–H groups in total. The fourth-order valence-electron chi connectivity index (χ4n) is 3.59. The number of hydrogen-bond donors (Lipinski definition) is 2. The van der Waals surface area contributed by atoms with Crippen LogP contribution in [0.5, 0.6) is 5.75 Å². The van der Waals surface area contributed by atoms with Crippen LogP contribution < -0.4 is 15.4 Å². The van der Waals surface area contributed by atoms with Crippen molar-refractivity contribution in [3.8, 4) is 16.9 Å². The van der Waals surface area contributed by atoms with Crippen LogP contribution in [-0.2, 0) is 4.79 Å². The van der Waals surface area contributed by atoms with Crippen molar-refractivity contribution < 1.29 is 9.53 Å². The number of amides is 1. The number of ether oxygens (including phenoxy) is 1. The van der Waals surface area contributed by atoms with E-state index in [1.54, 1.807) is 6.33 Å². The van der Waals surface area contributed by atoms with E-state index in [1.807, 2.05) is 32.0 Å². The van der Waals surface area contributed by atoms with Crippen molar-refractivity contribution in [1.82, 2.24) is 15.3 Å². The van der Waals surface area contributed by atoms with Gasteiger partial charge in [0.15, 0.2) is 0 Å². The second-order valence-corrected chi connectivity index (χ2v) is 7.50. The van der Waals surface area contributed by atoms with E-state index in [0.29, 0.717) is 12.6 Å². The third-order valence-corrected chi connectivity index (χ3v) is 5.29. The second-order valence-electron chi connectivity index (χ2n) is 7.50. The molecule has 2 heterocycles. The summed E-state index contributed by atoms with van der Waals surface area (Å²) < 4.78 is 6.17. The van der Waals surface area contributed by atoms with E-state index in [-0.39, 0.29) is 11.8 Å². The summed E-state index contributed by atoms with van der Waals surface area (Å²) in [6, 6.07) is 6.23. The molecule has 6 nitrogen and oxygen atoms in total. The summed E-state index contributed by atoms with van der Waals surface area (Å²) in [6.45, 7) is 5.63. The van der Waals surface area contributed by atoms with Crippen molar-refractivity contribution >= 4 is 11.6 Å². The highest BCUT2D eigenvalue weighted by atomic mass is 16.5. The van der Waals surface area contributed by atoms with Gasteiger partial charge in [0.1, 0.15) is 18.7 Å². The maximum atomic E-state index is 12.2. The van der Waals surface area contributed by atoms with Crippen LogP contribution in [0, 0.1) is 19.8 Å². The first-order chi connectivity index (χ1) is 13.1. The average Bonchev–Trinajstić information content (AvgIpc) is 3.37. The van der Waals surface area contributed by atoms with Gasteiger partial charge in [-0.1, -0.05) is 0 Å². The van der Waals surface area contributed by atoms with Crippen LogP contribution in [0.4, 0.5) is 5.69 Å². The van der Waals surface area contributed by atoms with Gasteiger partial charge in [0.25, 0.3) is 0 Å². The largest absolute Gasteiger partial charge is 0.491 e. The van der Waals surface area contributed by atoms with Gasteiger partial charge in [0.2, 0.25) is 5.91 Å². The Hall–Kier alpha value is -2.47. The molecule has 2 aliphatic rings. The zero-order valence-electron chi connectivity index (χ0n) is 15.9. The van der Waals surface area contributed by atoms with Crippen LogP contribution in [0.2, 0.25) is 0 Å². The smallest absolute Gasteiger partial charge is 0.227 e. The predicted molar refractivity (Wildman–Crippen MR) is 105 cm³/mol. The van der Waals surface area contributed by atoms with Crippen LogP contribution in [-0.4, -0.2) is 35.1 Å². The molecular formula is C21H26N4O2. The van der Waals surface area contributed by atoms with Gasteiger partial charge in [-0.05, 0) is 64.3 Å². The molecule has 1 atom stereocenters. The number of nitrogens with zero attached hydrogens (tertiary/aromatic N) is 2. The molecule has 1 aromatic carbocycles. The van der Waals surface area contributed by atoms with Crippen molar-refractivity contribution in [3.63, 3.8) is 0 Å². The Morgan fingerprint density at radius 1 is 1.22 bits per heavy atom. The predicted octanol–water partition coefficient (Wildman–Crippen LogP) is 3.24. The number of hydrogen-bond acceptors (Lipinski definition) is 5. The molecule has 6 heteroatoms. The van der Waals surface area contributed by atoms with Gasteiger partial charge < -0.3 is 15.4 Å². The van der Waals surface area contributed by atoms with Crippen molar-refractivity contribution in [2.75, 3.05) is 18.5 Å². The number of benzene rings is 1. The Morgan fingerprint density at radius 3 is 2.67 bits per heavy atom. The lowest BCUT2D eigenvalue weighted by Crippen LogP contribution is -2.28. The lowest BCUT2D eigenvalue weighted by molar-refractivity contribution is -0.117. The number of nitrogens with one attached hydrogen (secondary N) is 2. The first-order valence-corrected chi connectivity index (χ1v) is 9.71. The third kappa shape index (κ3) is 4.11. The summed E-state index contributed by atoms with van der Waals surface area (Å²) in [5.41, 5.74) is 4.48. The number of carbonyl (C=O) groups is 1. The van der Waals surface area contributed by atoms with E-state index < -0.39 is 0 Å². The molecule has 2 aromatic rings. The Labute approximate surface area is 159 Å². The zero-order chi connectivity index (χ0) is 18.8. The van der Waals surface area contributed by atoms with E-state index >= 15 is 0 Å². The summed E-state index contributed by atoms with van der Waals surface area (Å²) in [4.78, 5) is 20.9. The number of aryl methyl sites for hydroxylation is 2. The lowest BCUT2D eigenvalue weighted by Gasteiger charge is -2.18. The van der Waals surface area contributed by atoms with Crippen LogP contribution in [0.15, 0.2) is 24.5 Å². The van der Waals surface area contributed by atoms with E-state index in [2.05, 4.69) is 20.6 Å². The minimum atomic E-state index is 0.0996. The van der Waals surface area contributed by atoms with Crippen molar-refractivity contribution in [2.24, 2.45) is 5.92 Å². The summed E-state index contributed by atoms with van der Waals surface area (Å²) in [5.74, 6) is 1.07. The Kier molecular flexibility index (Phi) is 5.07. The number of anilines is 1. The second kappa shape index (κ2) is 7.64. The van der Waals surface area contributed by atoms with Gasteiger partial charge in [-0.3, -0.25) is 4.79 Å². The molecule has 142 valence electrons. The SMILES string of the molecule is Cc1ncnc(C)c1-c1cc(NC(=O)C2CC2)ccc1OC[C@@H]1CCCN1. The van der Waals surface area contributed by atoms with E-state index in [1.165, 1.54) is 6.42 Å². The first-order valence-electron chi connectivity index (χ1n) is 9.71. The molecule has 1 amide bonds. The molecule has 0 spiro atoms. The topological polar surface area (TPSA) is 76.1 Å². The molecular weight excluding hydrogens is 340 g/mol. The lowest BCUT2D eigenvalue weighted by atomic mass is 10.0. The molecule has 4 rings (SSSR count). The summed E-state index contributed by atoms with van der Waals surface area (Å²) in [5, 5.41) is 6.49. The molecule has 2 fully saturated rings. The van der Waals surface area contributed by atoms with Gasteiger partial charge in [-0.2, -0.15) is 0 Å². The van der Waals surface area contributed by atoms with Gasteiger partial charge in [0, 0.05) is 40.2 Å². The monoisotopic (exact) mass is 366 g/mol. The Morgan fingerprint density at radius 2 is 2.00 bits per heavy atom. The van der Waals surface area contributed by atoms with E-state index in [4.69, 9.17) is 4.74 Å². The van der Waals surface area contributed by atoms with Crippen LogP contribution in [0.3, 0.4) is 0 Å². The Balaban J connectivity index is 1.65. The fraction of sp³-hybridized carbons (Fsp3) is 0.476.